The van der Waals surface area contributed by atoms with Gasteiger partial charge >= 0.3 is 0 Å². The van der Waals surface area contributed by atoms with Gasteiger partial charge in [-0.05, 0) is 30.4 Å². The predicted molar refractivity (Wildman–Crippen MR) is 59.2 cm³/mol. The van der Waals surface area contributed by atoms with Gasteiger partial charge in [0.2, 0.25) is 5.91 Å². The lowest BCUT2D eigenvalue weighted by Gasteiger charge is -2.08. The molecule has 1 aliphatic carbocycles. The van der Waals surface area contributed by atoms with E-state index in [0.29, 0.717) is 6.42 Å². The molecule has 0 aromatic heterocycles. The summed E-state index contributed by atoms with van der Waals surface area (Å²) >= 11 is 0. The molecule has 1 aliphatic rings. The van der Waals surface area contributed by atoms with Crippen LogP contribution in [0.3, 0.4) is 0 Å². The van der Waals surface area contributed by atoms with Crippen LogP contribution in [0.25, 0.3) is 0 Å². The van der Waals surface area contributed by atoms with Gasteiger partial charge in [-0.25, -0.2) is 0 Å². The van der Waals surface area contributed by atoms with Crippen LogP contribution in [0.1, 0.15) is 24.0 Å². The highest BCUT2D eigenvalue weighted by Gasteiger charge is 2.37. The van der Waals surface area contributed by atoms with E-state index in [1.165, 1.54) is 5.56 Å². The third kappa shape index (κ3) is 2.80. The lowest BCUT2D eigenvalue weighted by molar-refractivity contribution is -0.117. The number of carbonyl (C=O) groups excluding carboxylic acids is 1. The van der Waals surface area contributed by atoms with E-state index >= 15 is 0 Å². The molecule has 15 heavy (non-hydrogen) atoms. The molecule has 0 bridgehead atoms. The molecule has 1 aromatic carbocycles. The van der Waals surface area contributed by atoms with E-state index in [4.69, 9.17) is 11.5 Å². The zero-order chi connectivity index (χ0) is 10.9. The van der Waals surface area contributed by atoms with Crippen LogP contribution >= 0.6 is 0 Å². The second kappa shape index (κ2) is 3.66. The number of hydrogen-bond donors (Lipinski definition) is 2. The Kier molecular flexibility index (Phi) is 2.49. The number of rotatable bonds is 4. The third-order valence-electron chi connectivity index (χ3n) is 2.85. The van der Waals surface area contributed by atoms with Crippen LogP contribution in [0.4, 0.5) is 0 Å². The maximum atomic E-state index is 10.7. The highest BCUT2D eigenvalue weighted by molar-refractivity contribution is 5.76. The van der Waals surface area contributed by atoms with Gasteiger partial charge in [0.05, 0.1) is 6.42 Å². The lowest BCUT2D eigenvalue weighted by atomic mass is 10.0. The second-order valence-electron chi connectivity index (χ2n) is 4.50. The van der Waals surface area contributed by atoms with Crippen molar-refractivity contribution in [1.29, 1.82) is 0 Å². The van der Waals surface area contributed by atoms with Crippen molar-refractivity contribution in [2.45, 2.75) is 31.2 Å². The van der Waals surface area contributed by atoms with Crippen LogP contribution in [0.15, 0.2) is 24.3 Å². The van der Waals surface area contributed by atoms with Crippen LogP contribution in [0, 0.1) is 0 Å². The van der Waals surface area contributed by atoms with Crippen LogP contribution in [-0.2, 0) is 17.6 Å². The first-order chi connectivity index (χ1) is 7.07. The minimum atomic E-state index is -0.291. The standard InChI is InChI=1S/C12H16N2O/c13-11(15)7-9-1-3-10(4-2-9)8-12(14)5-6-12/h1-4H,5-8,14H2,(H2,13,15). The Morgan fingerprint density at radius 1 is 1.20 bits per heavy atom. The topological polar surface area (TPSA) is 69.1 Å². The number of amides is 1. The summed E-state index contributed by atoms with van der Waals surface area (Å²) in [5.41, 5.74) is 13.4. The summed E-state index contributed by atoms with van der Waals surface area (Å²) in [4.78, 5) is 10.7. The predicted octanol–water partition coefficient (Wildman–Crippen LogP) is 0.748. The summed E-state index contributed by atoms with van der Waals surface area (Å²) in [5, 5.41) is 0. The van der Waals surface area contributed by atoms with Crippen molar-refractivity contribution < 1.29 is 4.79 Å². The molecular formula is C12H16N2O. The van der Waals surface area contributed by atoms with Gasteiger partial charge in [-0.15, -0.1) is 0 Å². The van der Waals surface area contributed by atoms with Crippen LogP contribution < -0.4 is 11.5 Å². The number of carbonyl (C=O) groups is 1. The minimum absolute atomic E-state index is 0.0468. The summed E-state index contributed by atoms with van der Waals surface area (Å²) in [7, 11) is 0. The summed E-state index contributed by atoms with van der Waals surface area (Å²) < 4.78 is 0. The van der Waals surface area contributed by atoms with Crippen LogP contribution in [0.5, 0.6) is 0 Å². The van der Waals surface area contributed by atoms with Crippen molar-refractivity contribution in [3.8, 4) is 0 Å². The Hall–Kier alpha value is -1.35. The average molecular weight is 204 g/mol. The van der Waals surface area contributed by atoms with Crippen LogP contribution in [-0.4, -0.2) is 11.4 Å². The maximum Gasteiger partial charge on any atom is 0.221 e. The van der Waals surface area contributed by atoms with E-state index in [9.17, 15) is 4.79 Å². The molecule has 1 aromatic rings. The van der Waals surface area contributed by atoms with Gasteiger partial charge in [0.15, 0.2) is 0 Å². The minimum Gasteiger partial charge on any atom is -0.369 e. The molecule has 80 valence electrons. The van der Waals surface area contributed by atoms with E-state index < -0.39 is 0 Å². The van der Waals surface area contributed by atoms with Crippen LogP contribution in [0.2, 0.25) is 0 Å². The van der Waals surface area contributed by atoms with Gasteiger partial charge in [-0.1, -0.05) is 24.3 Å². The second-order valence-corrected chi connectivity index (χ2v) is 4.50. The number of hydrogen-bond acceptors (Lipinski definition) is 2. The number of nitrogens with two attached hydrogens (primary N) is 2. The van der Waals surface area contributed by atoms with Crippen molar-refractivity contribution in [2.75, 3.05) is 0 Å². The SMILES string of the molecule is NC(=O)Cc1ccc(CC2(N)CC2)cc1. The molecule has 0 saturated heterocycles. The van der Waals surface area contributed by atoms with Crippen molar-refractivity contribution in [3.05, 3.63) is 35.4 Å². The summed E-state index contributed by atoms with van der Waals surface area (Å²) in [6, 6.07) is 7.97. The highest BCUT2D eigenvalue weighted by Crippen LogP contribution is 2.35. The lowest BCUT2D eigenvalue weighted by Crippen LogP contribution is -2.24. The Balaban J connectivity index is 2.00. The van der Waals surface area contributed by atoms with Gasteiger partial charge in [-0.3, -0.25) is 4.79 Å². The Bertz CT molecular complexity index is 366. The smallest absolute Gasteiger partial charge is 0.221 e. The molecule has 0 unspecified atom stereocenters. The molecule has 2 rings (SSSR count). The fraction of sp³-hybridized carbons (Fsp3) is 0.417. The average Bonchev–Trinajstić information content (AvgIpc) is 2.86. The van der Waals surface area contributed by atoms with E-state index in [1.54, 1.807) is 0 Å². The third-order valence-corrected chi connectivity index (χ3v) is 2.85. The van der Waals surface area contributed by atoms with Gasteiger partial charge in [0.1, 0.15) is 0 Å². The molecular weight excluding hydrogens is 188 g/mol. The molecule has 0 heterocycles. The molecule has 0 atom stereocenters. The Morgan fingerprint density at radius 3 is 2.20 bits per heavy atom. The molecule has 4 N–H and O–H groups in total. The molecule has 0 aliphatic heterocycles. The fourth-order valence-corrected chi connectivity index (χ4v) is 1.72. The van der Waals surface area contributed by atoms with Gasteiger partial charge in [-0.2, -0.15) is 0 Å². The van der Waals surface area contributed by atoms with Crippen molar-refractivity contribution in [2.24, 2.45) is 11.5 Å². The largest absolute Gasteiger partial charge is 0.369 e. The van der Waals surface area contributed by atoms with E-state index in [-0.39, 0.29) is 11.4 Å². The zero-order valence-electron chi connectivity index (χ0n) is 8.70. The first-order valence-corrected chi connectivity index (χ1v) is 5.22. The van der Waals surface area contributed by atoms with Crippen molar-refractivity contribution in [3.63, 3.8) is 0 Å². The highest BCUT2D eigenvalue weighted by atomic mass is 16.1. The number of benzene rings is 1. The zero-order valence-corrected chi connectivity index (χ0v) is 8.70. The van der Waals surface area contributed by atoms with E-state index in [1.807, 2.05) is 24.3 Å². The van der Waals surface area contributed by atoms with E-state index in [0.717, 1.165) is 24.8 Å². The summed E-state index contributed by atoms with van der Waals surface area (Å²) in [6.07, 6.45) is 3.49. The van der Waals surface area contributed by atoms with Gasteiger partial charge in [0.25, 0.3) is 0 Å². The molecule has 3 nitrogen and oxygen atoms in total. The van der Waals surface area contributed by atoms with Crippen molar-refractivity contribution in [1.82, 2.24) is 0 Å². The molecule has 3 heteroatoms. The van der Waals surface area contributed by atoms with E-state index in [2.05, 4.69) is 0 Å². The fourth-order valence-electron chi connectivity index (χ4n) is 1.72. The molecule has 0 spiro atoms. The maximum absolute atomic E-state index is 10.7. The first kappa shape index (κ1) is 10.2. The molecule has 1 amide bonds. The molecule has 0 radical (unpaired) electrons. The number of primary amides is 1. The van der Waals surface area contributed by atoms with Gasteiger partial charge < -0.3 is 11.5 Å². The summed E-state index contributed by atoms with van der Waals surface area (Å²) in [5.74, 6) is -0.291. The first-order valence-electron chi connectivity index (χ1n) is 5.22. The Labute approximate surface area is 89.5 Å². The quantitative estimate of drug-likeness (QED) is 0.759. The Morgan fingerprint density at radius 2 is 1.73 bits per heavy atom. The van der Waals surface area contributed by atoms with Crippen molar-refractivity contribution >= 4 is 5.91 Å². The molecule has 1 saturated carbocycles. The van der Waals surface area contributed by atoms with Gasteiger partial charge in [0, 0.05) is 5.54 Å². The normalized spacial score (nSPS) is 17.4. The monoisotopic (exact) mass is 204 g/mol. The molecule has 1 fully saturated rings. The summed E-state index contributed by atoms with van der Waals surface area (Å²) in [6.45, 7) is 0.